The molecule has 0 spiro atoms. The van der Waals surface area contributed by atoms with E-state index in [-0.39, 0.29) is 16.9 Å². The largest absolute Gasteiger partial charge is 0.508 e. The van der Waals surface area contributed by atoms with Crippen LogP contribution in [-0.4, -0.2) is 17.3 Å². The summed E-state index contributed by atoms with van der Waals surface area (Å²) in [5, 5.41) is 20.3. The van der Waals surface area contributed by atoms with E-state index in [0.717, 1.165) is 5.57 Å². The van der Waals surface area contributed by atoms with Crippen molar-refractivity contribution in [2.24, 2.45) is 0 Å². The highest BCUT2D eigenvalue weighted by molar-refractivity contribution is 5.83. The lowest BCUT2D eigenvalue weighted by molar-refractivity contribution is 0.371. The fourth-order valence-corrected chi connectivity index (χ4v) is 2.76. The Kier molecular flexibility index (Phi) is 4.71. The molecule has 5 heteroatoms. The van der Waals surface area contributed by atoms with E-state index < -0.39 is 0 Å². The SMILES string of the molecule is COc1cc(-c2coc3cc(O)ccc3c2=O)cc(CC=C(C)C)c1O. The Hall–Kier alpha value is -3.21. The van der Waals surface area contributed by atoms with Gasteiger partial charge in [0.15, 0.2) is 16.9 Å². The Bertz CT molecular complexity index is 1060. The van der Waals surface area contributed by atoms with Gasteiger partial charge in [-0.3, -0.25) is 4.79 Å². The maximum absolute atomic E-state index is 12.8. The van der Waals surface area contributed by atoms with Crippen molar-refractivity contribution in [1.29, 1.82) is 0 Å². The first kappa shape index (κ1) is 17.6. The highest BCUT2D eigenvalue weighted by atomic mass is 16.5. The molecule has 0 saturated carbocycles. The van der Waals surface area contributed by atoms with E-state index in [1.54, 1.807) is 12.1 Å². The summed E-state index contributed by atoms with van der Waals surface area (Å²) in [5.41, 5.74) is 2.84. The molecular weight excluding hydrogens is 332 g/mol. The third-order valence-corrected chi connectivity index (χ3v) is 4.17. The second kappa shape index (κ2) is 6.96. The maximum atomic E-state index is 12.8. The number of hydrogen-bond donors (Lipinski definition) is 2. The summed E-state index contributed by atoms with van der Waals surface area (Å²) >= 11 is 0. The van der Waals surface area contributed by atoms with Crippen molar-refractivity contribution in [3.05, 3.63) is 64.0 Å². The highest BCUT2D eigenvalue weighted by Gasteiger charge is 2.15. The van der Waals surface area contributed by atoms with Crippen LogP contribution in [0, 0.1) is 0 Å². The molecular formula is C21H20O5. The second-order valence-corrected chi connectivity index (χ2v) is 6.33. The predicted molar refractivity (Wildman–Crippen MR) is 101 cm³/mol. The lowest BCUT2D eigenvalue weighted by atomic mass is 9.99. The zero-order chi connectivity index (χ0) is 18.8. The molecule has 2 aromatic carbocycles. The van der Waals surface area contributed by atoms with E-state index in [2.05, 4.69) is 0 Å². The minimum absolute atomic E-state index is 0.0312. The van der Waals surface area contributed by atoms with Crippen molar-refractivity contribution < 1.29 is 19.4 Å². The molecule has 134 valence electrons. The number of benzene rings is 2. The maximum Gasteiger partial charge on any atom is 0.200 e. The lowest BCUT2D eigenvalue weighted by Crippen LogP contribution is -2.05. The molecule has 5 nitrogen and oxygen atoms in total. The van der Waals surface area contributed by atoms with Crippen LogP contribution in [0.4, 0.5) is 0 Å². The molecule has 0 aliphatic heterocycles. The first-order chi connectivity index (χ1) is 12.4. The van der Waals surface area contributed by atoms with Gasteiger partial charge in [-0.05, 0) is 50.1 Å². The number of allylic oxidation sites excluding steroid dienone is 2. The van der Waals surface area contributed by atoms with Gasteiger partial charge in [0.25, 0.3) is 0 Å². The molecule has 0 radical (unpaired) electrons. The van der Waals surface area contributed by atoms with Crippen molar-refractivity contribution in [1.82, 2.24) is 0 Å². The molecule has 0 aliphatic carbocycles. The molecule has 2 N–H and O–H groups in total. The van der Waals surface area contributed by atoms with Crippen molar-refractivity contribution in [2.75, 3.05) is 7.11 Å². The molecule has 3 rings (SSSR count). The van der Waals surface area contributed by atoms with E-state index in [4.69, 9.17) is 9.15 Å². The van der Waals surface area contributed by atoms with Crippen LogP contribution in [0.2, 0.25) is 0 Å². The van der Waals surface area contributed by atoms with Gasteiger partial charge in [-0.15, -0.1) is 0 Å². The molecule has 0 bridgehead atoms. The summed E-state index contributed by atoms with van der Waals surface area (Å²) in [6.45, 7) is 3.96. The number of rotatable bonds is 4. The number of phenols is 2. The van der Waals surface area contributed by atoms with Crippen molar-refractivity contribution in [3.63, 3.8) is 0 Å². The van der Waals surface area contributed by atoms with Crippen LogP contribution in [0.5, 0.6) is 17.2 Å². The molecule has 0 atom stereocenters. The Morgan fingerprint density at radius 3 is 2.65 bits per heavy atom. The molecule has 0 saturated heterocycles. The Balaban J connectivity index is 2.20. The fraction of sp³-hybridized carbons (Fsp3) is 0.190. The Morgan fingerprint density at radius 1 is 1.19 bits per heavy atom. The number of ether oxygens (including phenoxy) is 1. The van der Waals surface area contributed by atoms with Gasteiger partial charge in [0, 0.05) is 11.6 Å². The van der Waals surface area contributed by atoms with E-state index in [0.29, 0.717) is 39.8 Å². The molecule has 0 unspecified atom stereocenters. The van der Waals surface area contributed by atoms with E-state index >= 15 is 0 Å². The number of phenolic OH excluding ortho intramolecular Hbond substituents is 2. The van der Waals surface area contributed by atoms with Gasteiger partial charge in [0.1, 0.15) is 17.6 Å². The molecule has 3 aromatic rings. The Morgan fingerprint density at radius 2 is 1.96 bits per heavy atom. The van der Waals surface area contributed by atoms with Gasteiger partial charge in [0.05, 0.1) is 18.1 Å². The van der Waals surface area contributed by atoms with Gasteiger partial charge >= 0.3 is 0 Å². The lowest BCUT2D eigenvalue weighted by Gasteiger charge is -2.11. The highest BCUT2D eigenvalue weighted by Crippen LogP contribution is 2.35. The van der Waals surface area contributed by atoms with Gasteiger partial charge in [0.2, 0.25) is 0 Å². The van der Waals surface area contributed by atoms with Crippen LogP contribution in [0.25, 0.3) is 22.1 Å². The zero-order valence-electron chi connectivity index (χ0n) is 14.9. The summed E-state index contributed by atoms with van der Waals surface area (Å²) in [4.78, 5) is 12.8. The zero-order valence-corrected chi connectivity index (χ0v) is 14.9. The van der Waals surface area contributed by atoms with E-state index in [1.165, 1.54) is 31.6 Å². The first-order valence-electron chi connectivity index (χ1n) is 8.19. The molecule has 0 fully saturated rings. The molecule has 26 heavy (non-hydrogen) atoms. The summed E-state index contributed by atoms with van der Waals surface area (Å²) < 4.78 is 10.8. The third kappa shape index (κ3) is 3.28. The van der Waals surface area contributed by atoms with Gasteiger partial charge in [-0.25, -0.2) is 0 Å². The average molecular weight is 352 g/mol. The second-order valence-electron chi connectivity index (χ2n) is 6.33. The summed E-state index contributed by atoms with van der Waals surface area (Å²) in [6.07, 6.45) is 3.87. The first-order valence-corrected chi connectivity index (χ1v) is 8.19. The molecule has 1 aromatic heterocycles. The van der Waals surface area contributed by atoms with Gasteiger partial charge < -0.3 is 19.4 Å². The molecule has 0 aliphatic rings. The van der Waals surface area contributed by atoms with Crippen LogP contribution < -0.4 is 10.2 Å². The van der Waals surface area contributed by atoms with Crippen LogP contribution in [0.15, 0.2) is 57.5 Å². The van der Waals surface area contributed by atoms with Crippen LogP contribution in [-0.2, 0) is 6.42 Å². The van der Waals surface area contributed by atoms with Gasteiger partial charge in [-0.2, -0.15) is 0 Å². The van der Waals surface area contributed by atoms with Crippen LogP contribution in [0.3, 0.4) is 0 Å². The van der Waals surface area contributed by atoms with Crippen LogP contribution >= 0.6 is 0 Å². The van der Waals surface area contributed by atoms with Crippen molar-refractivity contribution in [2.45, 2.75) is 20.3 Å². The average Bonchev–Trinajstić information content (AvgIpc) is 2.61. The van der Waals surface area contributed by atoms with E-state index in [1.807, 2.05) is 19.9 Å². The number of hydrogen-bond acceptors (Lipinski definition) is 5. The fourth-order valence-electron chi connectivity index (χ4n) is 2.76. The van der Waals surface area contributed by atoms with Crippen LogP contribution in [0.1, 0.15) is 19.4 Å². The standard InChI is InChI=1S/C21H20O5/c1-12(2)4-5-13-8-14(9-19(25-3)20(13)23)17-11-26-18-10-15(22)6-7-16(18)21(17)24/h4,6-11,22-23H,5H2,1-3H3. The number of methoxy groups -OCH3 is 1. The molecule has 1 heterocycles. The summed E-state index contributed by atoms with van der Waals surface area (Å²) in [5.74, 6) is 0.386. The monoisotopic (exact) mass is 352 g/mol. The number of fused-ring (bicyclic) bond motifs is 1. The minimum Gasteiger partial charge on any atom is -0.508 e. The van der Waals surface area contributed by atoms with E-state index in [9.17, 15) is 15.0 Å². The smallest absolute Gasteiger partial charge is 0.200 e. The quantitative estimate of drug-likeness (QED) is 0.681. The van der Waals surface area contributed by atoms with Gasteiger partial charge in [-0.1, -0.05) is 11.6 Å². The predicted octanol–water partition coefficient (Wildman–Crippen LogP) is 4.39. The normalized spacial score (nSPS) is 10.7. The summed E-state index contributed by atoms with van der Waals surface area (Å²) in [6, 6.07) is 7.75. The molecule has 0 amide bonds. The third-order valence-electron chi connectivity index (χ3n) is 4.17. The summed E-state index contributed by atoms with van der Waals surface area (Å²) in [7, 11) is 1.47. The van der Waals surface area contributed by atoms with Crippen molar-refractivity contribution in [3.8, 4) is 28.4 Å². The minimum atomic E-state index is -0.216. The topological polar surface area (TPSA) is 79.9 Å². The van der Waals surface area contributed by atoms with Crippen molar-refractivity contribution >= 4 is 11.0 Å². The number of aromatic hydroxyl groups is 2. The Labute approximate surface area is 150 Å².